The van der Waals surface area contributed by atoms with Crippen LogP contribution in [-0.4, -0.2) is 37.7 Å². The van der Waals surface area contributed by atoms with Crippen molar-refractivity contribution in [2.75, 3.05) is 13.2 Å². The zero-order valence-electron chi connectivity index (χ0n) is 9.44. The molecule has 3 atom stereocenters. The molecule has 17 heavy (non-hydrogen) atoms. The average molecular weight is 361 g/mol. The number of rotatable bonds is 4. The highest BCUT2D eigenvalue weighted by Gasteiger charge is 2.44. The smallest absolute Gasteiger partial charge is 0.243 e. The Morgan fingerprint density at radius 2 is 2.29 bits per heavy atom. The predicted molar refractivity (Wildman–Crippen MR) is 71.9 cm³/mol. The van der Waals surface area contributed by atoms with Crippen molar-refractivity contribution in [3.63, 3.8) is 0 Å². The van der Waals surface area contributed by atoms with Gasteiger partial charge in [0, 0.05) is 18.6 Å². The first-order chi connectivity index (χ1) is 7.66. The maximum atomic E-state index is 12.2. The number of alkyl halides is 2. The van der Waals surface area contributed by atoms with E-state index in [9.17, 15) is 8.78 Å². The van der Waals surface area contributed by atoms with E-state index in [-0.39, 0.29) is 42.1 Å². The van der Waals surface area contributed by atoms with Crippen LogP contribution in [0.1, 0.15) is 19.3 Å². The second-order valence-electron chi connectivity index (χ2n) is 4.35. The van der Waals surface area contributed by atoms with Crippen molar-refractivity contribution >= 4 is 29.9 Å². The highest BCUT2D eigenvalue weighted by atomic mass is 127. The molecule has 1 heterocycles. The molecule has 7 heteroatoms. The van der Waals surface area contributed by atoms with Crippen LogP contribution in [0, 0.1) is 5.92 Å². The summed E-state index contributed by atoms with van der Waals surface area (Å²) >= 11 is 0. The van der Waals surface area contributed by atoms with Gasteiger partial charge in [0.1, 0.15) is 0 Å². The van der Waals surface area contributed by atoms with E-state index in [0.717, 1.165) is 19.4 Å². The van der Waals surface area contributed by atoms with E-state index in [0.29, 0.717) is 13.0 Å². The number of halogens is 3. The van der Waals surface area contributed by atoms with Crippen molar-refractivity contribution in [2.24, 2.45) is 16.6 Å². The molecule has 3 N–H and O–H groups in total. The van der Waals surface area contributed by atoms with Crippen LogP contribution in [0.25, 0.3) is 0 Å². The monoisotopic (exact) mass is 361 g/mol. The SMILES string of the molecule is I.NC(=NCC1CCCO1)N[C@H]1C[C@@H]1C(F)F. The zero-order valence-corrected chi connectivity index (χ0v) is 11.8. The van der Waals surface area contributed by atoms with Gasteiger partial charge in [0.05, 0.1) is 12.6 Å². The number of nitrogens with two attached hydrogens (primary N) is 1. The first-order valence-electron chi connectivity index (χ1n) is 5.63. The van der Waals surface area contributed by atoms with Crippen LogP contribution in [0.15, 0.2) is 4.99 Å². The second kappa shape index (κ2) is 6.67. The number of hydrogen-bond acceptors (Lipinski definition) is 2. The van der Waals surface area contributed by atoms with Gasteiger partial charge < -0.3 is 15.8 Å². The van der Waals surface area contributed by atoms with Gasteiger partial charge in [-0.25, -0.2) is 8.78 Å². The molecule has 1 saturated carbocycles. The van der Waals surface area contributed by atoms with Gasteiger partial charge in [0.2, 0.25) is 6.43 Å². The van der Waals surface area contributed by atoms with E-state index in [4.69, 9.17) is 10.5 Å². The fourth-order valence-corrected chi connectivity index (χ4v) is 1.88. The Morgan fingerprint density at radius 1 is 1.53 bits per heavy atom. The van der Waals surface area contributed by atoms with E-state index in [1.54, 1.807) is 0 Å². The lowest BCUT2D eigenvalue weighted by Gasteiger charge is -2.08. The van der Waals surface area contributed by atoms with Gasteiger partial charge in [-0.15, -0.1) is 24.0 Å². The first kappa shape index (κ1) is 14.9. The molecule has 0 aromatic heterocycles. The highest BCUT2D eigenvalue weighted by molar-refractivity contribution is 14.0. The molecule has 0 radical (unpaired) electrons. The van der Waals surface area contributed by atoms with Crippen LogP contribution in [0.3, 0.4) is 0 Å². The Kier molecular flexibility index (Phi) is 5.84. The Morgan fingerprint density at radius 3 is 2.82 bits per heavy atom. The molecule has 1 saturated heterocycles. The van der Waals surface area contributed by atoms with Crippen molar-refractivity contribution < 1.29 is 13.5 Å². The fourth-order valence-electron chi connectivity index (χ4n) is 1.88. The summed E-state index contributed by atoms with van der Waals surface area (Å²) in [6, 6.07) is -0.201. The van der Waals surface area contributed by atoms with Crippen molar-refractivity contribution in [1.82, 2.24) is 5.32 Å². The lowest BCUT2D eigenvalue weighted by Crippen LogP contribution is -2.35. The third-order valence-electron chi connectivity index (χ3n) is 2.99. The van der Waals surface area contributed by atoms with Gasteiger partial charge in [-0.05, 0) is 19.3 Å². The summed E-state index contributed by atoms with van der Waals surface area (Å²) in [5, 5.41) is 2.80. The Balaban J connectivity index is 0.00000144. The van der Waals surface area contributed by atoms with E-state index in [1.165, 1.54) is 0 Å². The molecule has 1 aliphatic heterocycles. The molecule has 2 fully saturated rings. The molecule has 2 aliphatic rings. The maximum absolute atomic E-state index is 12.2. The molecule has 0 spiro atoms. The second-order valence-corrected chi connectivity index (χ2v) is 4.35. The number of nitrogens with one attached hydrogen (secondary N) is 1. The average Bonchev–Trinajstić information content (AvgIpc) is 2.81. The summed E-state index contributed by atoms with van der Waals surface area (Å²) in [6.07, 6.45) is 0.422. The van der Waals surface area contributed by atoms with E-state index in [2.05, 4.69) is 10.3 Å². The van der Waals surface area contributed by atoms with Crippen LogP contribution in [0.4, 0.5) is 8.78 Å². The Hall–Kier alpha value is -0.180. The summed E-state index contributed by atoms with van der Waals surface area (Å²) < 4.78 is 29.8. The molecule has 4 nitrogen and oxygen atoms in total. The van der Waals surface area contributed by atoms with Crippen LogP contribution < -0.4 is 11.1 Å². The molecule has 1 unspecified atom stereocenters. The Labute approximate surface area is 116 Å². The molecular formula is C10H18F2IN3O. The first-order valence-corrected chi connectivity index (χ1v) is 5.63. The van der Waals surface area contributed by atoms with Crippen molar-refractivity contribution in [3.8, 4) is 0 Å². The third-order valence-corrected chi connectivity index (χ3v) is 2.99. The Bertz CT molecular complexity index is 272. The summed E-state index contributed by atoms with van der Waals surface area (Å²) in [4.78, 5) is 4.09. The quantitative estimate of drug-likeness (QED) is 0.452. The minimum absolute atomic E-state index is 0. The molecule has 0 bridgehead atoms. The lowest BCUT2D eigenvalue weighted by atomic mass is 10.2. The number of nitrogens with zero attached hydrogens (tertiary/aromatic N) is 1. The molecule has 1 aliphatic carbocycles. The van der Waals surface area contributed by atoms with Crippen LogP contribution in [0.5, 0.6) is 0 Å². The van der Waals surface area contributed by atoms with Crippen LogP contribution in [-0.2, 0) is 4.74 Å². The van der Waals surface area contributed by atoms with Gasteiger partial charge in [-0.2, -0.15) is 0 Å². The van der Waals surface area contributed by atoms with Gasteiger partial charge in [-0.1, -0.05) is 0 Å². The molecule has 100 valence electrons. The van der Waals surface area contributed by atoms with Gasteiger partial charge in [0.15, 0.2) is 5.96 Å². The summed E-state index contributed by atoms with van der Waals surface area (Å²) in [5.41, 5.74) is 5.59. The molecule has 2 rings (SSSR count). The number of ether oxygens (including phenoxy) is 1. The largest absolute Gasteiger partial charge is 0.376 e. The summed E-state index contributed by atoms with van der Waals surface area (Å²) in [6.45, 7) is 1.30. The number of hydrogen-bond donors (Lipinski definition) is 2. The summed E-state index contributed by atoms with van der Waals surface area (Å²) in [5.74, 6) is -0.305. The number of guanidine groups is 1. The number of aliphatic imine (C=N–C) groups is 1. The normalized spacial score (nSPS) is 32.4. The molecule has 0 amide bonds. The topological polar surface area (TPSA) is 59.6 Å². The van der Waals surface area contributed by atoms with E-state index in [1.807, 2.05) is 0 Å². The molecule has 0 aromatic rings. The van der Waals surface area contributed by atoms with Crippen LogP contribution in [0.2, 0.25) is 0 Å². The highest BCUT2D eigenvalue weighted by Crippen LogP contribution is 2.35. The van der Waals surface area contributed by atoms with Gasteiger partial charge in [0.25, 0.3) is 0 Å². The van der Waals surface area contributed by atoms with E-state index >= 15 is 0 Å². The maximum Gasteiger partial charge on any atom is 0.243 e. The van der Waals surface area contributed by atoms with Gasteiger partial charge in [-0.3, -0.25) is 4.99 Å². The van der Waals surface area contributed by atoms with Crippen molar-refractivity contribution in [3.05, 3.63) is 0 Å². The lowest BCUT2D eigenvalue weighted by molar-refractivity contribution is 0.117. The standard InChI is InChI=1S/C10H17F2N3O.HI/c11-9(12)7-4-8(7)15-10(13)14-5-6-2-1-3-16-6;/h6-9H,1-5H2,(H3,13,14,15);1H/t6?,7-,8-;/m0./s1. The minimum Gasteiger partial charge on any atom is -0.376 e. The minimum atomic E-state index is -2.26. The third kappa shape index (κ3) is 4.53. The summed E-state index contributed by atoms with van der Waals surface area (Å²) in [7, 11) is 0. The van der Waals surface area contributed by atoms with Crippen molar-refractivity contribution in [2.45, 2.75) is 37.8 Å². The zero-order chi connectivity index (χ0) is 11.5. The van der Waals surface area contributed by atoms with Crippen molar-refractivity contribution in [1.29, 1.82) is 0 Å². The van der Waals surface area contributed by atoms with E-state index < -0.39 is 12.3 Å². The molecular weight excluding hydrogens is 343 g/mol. The van der Waals surface area contributed by atoms with Gasteiger partial charge >= 0.3 is 0 Å². The predicted octanol–water partition coefficient (Wildman–Crippen LogP) is 1.34. The van der Waals surface area contributed by atoms with Crippen LogP contribution >= 0.6 is 24.0 Å². The fraction of sp³-hybridized carbons (Fsp3) is 0.900. The molecule has 0 aromatic carbocycles.